The van der Waals surface area contributed by atoms with Crippen LogP contribution in [0.15, 0.2) is 74.8 Å². The summed E-state index contributed by atoms with van der Waals surface area (Å²) in [6, 6.07) is 3.88. The second-order valence-electron chi connectivity index (χ2n) is 18.7. The standard InChI is InChI=1S/C52H74N12O17/c1-58-18-5-7-35(41(68)49(58)76)45(72)54-14-23-62(24-15-55-46(73)36-9-19-59(2)50(77)42(36)69)27-29-64(22-13-53-39(65)8-6-31-80-33-34-81-32-12-40(66)67)30-28-63(25-16-56-47(74)37-10-20-60(3)51(78)43(37)70)26-17-57-48(75)38-11-21-61(4)52(79)44(38)71/h5,9-11,18-21,68-71H,6-8,12-17,22-34H2,1-4H3,(H,53,65)(H,54,72)(H,55,73)(H,56,74)(H,57,75)(H,66,67)/p-1. The van der Waals surface area contributed by atoms with Crippen LogP contribution < -0.4 is 48.4 Å². The topological polar surface area (TPSA) is 381 Å². The molecule has 0 spiro atoms. The highest BCUT2D eigenvalue weighted by Gasteiger charge is 2.25. The highest BCUT2D eigenvalue weighted by molar-refractivity contribution is 6.04. The van der Waals surface area contributed by atoms with E-state index in [-0.39, 0.29) is 152 Å². The fraction of sp³-hybridized carbons (Fsp3) is 0.500. The van der Waals surface area contributed by atoms with E-state index in [1.54, 1.807) is 6.08 Å². The maximum atomic E-state index is 13.3. The maximum Gasteiger partial charge on any atom is 0.293 e. The monoisotopic (exact) mass is 1140 g/mol. The van der Waals surface area contributed by atoms with Gasteiger partial charge < -0.3 is 85.0 Å². The molecule has 0 unspecified atom stereocenters. The molecular formula is C52H73N12O17-. The van der Waals surface area contributed by atoms with Gasteiger partial charge in [0.05, 0.1) is 42.1 Å². The number of hydrogen-bond donors (Lipinski definition) is 9. The van der Waals surface area contributed by atoms with Gasteiger partial charge in [0.15, 0.2) is 23.0 Å². The van der Waals surface area contributed by atoms with Crippen molar-refractivity contribution in [1.29, 1.82) is 0 Å². The van der Waals surface area contributed by atoms with Crippen LogP contribution in [-0.4, -0.2) is 220 Å². The number of aliphatic hydroxyl groups is 1. The Labute approximate surface area is 466 Å². The number of carboxylic acids is 1. The third-order valence-corrected chi connectivity index (χ3v) is 12.8. The number of carboxylic acid groups (broad SMARTS) is 1. The first-order valence-corrected chi connectivity index (χ1v) is 26.0. The number of rotatable bonds is 35. The second-order valence-corrected chi connectivity index (χ2v) is 18.7. The predicted octanol–water partition coefficient (Wildman–Crippen LogP) is -4.23. The first kappa shape index (κ1) is 65.1. The highest BCUT2D eigenvalue weighted by atomic mass is 16.5. The van der Waals surface area contributed by atoms with E-state index in [4.69, 9.17) is 9.47 Å². The summed E-state index contributed by atoms with van der Waals surface area (Å²) in [7, 11) is 5.68. The fourth-order valence-electron chi connectivity index (χ4n) is 7.91. The molecule has 0 atom stereocenters. The number of aromatic nitrogens is 3. The van der Waals surface area contributed by atoms with Crippen molar-refractivity contribution in [3.8, 4) is 17.2 Å². The maximum absolute atomic E-state index is 13.3. The Kier molecular flexibility index (Phi) is 26.8. The van der Waals surface area contributed by atoms with Gasteiger partial charge in [0.2, 0.25) is 5.91 Å². The Morgan fingerprint density at radius 1 is 0.519 bits per heavy atom. The zero-order valence-corrected chi connectivity index (χ0v) is 45.9. The van der Waals surface area contributed by atoms with Gasteiger partial charge in [-0.25, -0.2) is 0 Å². The summed E-state index contributed by atoms with van der Waals surface area (Å²) in [6.45, 7) is 2.89. The Bertz CT molecular complexity index is 2850. The molecule has 29 heteroatoms. The number of carbonyl (C=O) groups excluding carboxylic acids is 7. The van der Waals surface area contributed by atoms with Crippen molar-refractivity contribution >= 4 is 41.4 Å². The summed E-state index contributed by atoms with van der Waals surface area (Å²) in [4.78, 5) is 133. The first-order chi connectivity index (χ1) is 38.6. The van der Waals surface area contributed by atoms with E-state index < -0.39 is 75.2 Å². The molecule has 6 amide bonds. The zero-order valence-electron chi connectivity index (χ0n) is 45.9. The smallest absolute Gasteiger partial charge is 0.293 e. The molecule has 0 saturated heterocycles. The summed E-state index contributed by atoms with van der Waals surface area (Å²) in [5, 5.41) is 66.1. The van der Waals surface area contributed by atoms with E-state index in [0.29, 0.717) is 19.5 Å². The number of ether oxygens (including phenoxy) is 2. The normalized spacial score (nSPS) is 12.5. The molecule has 9 N–H and O–H groups in total. The van der Waals surface area contributed by atoms with Crippen LogP contribution in [0, 0.1) is 0 Å². The SMILES string of the molecule is CN1C=CCC(C(=O)NCCN(CCNC(=O)c2ccn(C)c(=O)c2O)CCN(CCNC(=O)CCCOCCOCCC(=O)[O-])CCN(CCNC(=O)c2ccn(C)c(=O)c2O)CCNC(=O)c2ccn(C)c(=O)c2O)=C(O)C1=O. The minimum absolute atomic E-state index is 0.00253. The van der Waals surface area contributed by atoms with Gasteiger partial charge in [0.25, 0.3) is 46.2 Å². The van der Waals surface area contributed by atoms with Crippen LogP contribution in [0.2, 0.25) is 0 Å². The molecule has 4 rings (SSSR count). The third kappa shape index (κ3) is 21.0. The van der Waals surface area contributed by atoms with Crippen molar-refractivity contribution in [3.63, 3.8) is 0 Å². The van der Waals surface area contributed by atoms with E-state index in [1.165, 1.54) is 71.2 Å². The van der Waals surface area contributed by atoms with Crippen molar-refractivity contribution in [3.05, 3.63) is 108 Å². The van der Waals surface area contributed by atoms with Crippen molar-refractivity contribution in [2.24, 2.45) is 21.1 Å². The van der Waals surface area contributed by atoms with E-state index in [9.17, 15) is 73.5 Å². The molecule has 0 fully saturated rings. The van der Waals surface area contributed by atoms with Gasteiger partial charge in [-0.15, -0.1) is 0 Å². The molecule has 4 heterocycles. The van der Waals surface area contributed by atoms with Crippen LogP contribution in [0.3, 0.4) is 0 Å². The number of likely N-dealkylation sites (N-methyl/N-ethyl adjacent to an activating group) is 1. The highest BCUT2D eigenvalue weighted by Crippen LogP contribution is 2.16. The van der Waals surface area contributed by atoms with Crippen LogP contribution in [-0.2, 0) is 49.8 Å². The van der Waals surface area contributed by atoms with Crippen molar-refractivity contribution in [2.75, 3.05) is 125 Å². The summed E-state index contributed by atoms with van der Waals surface area (Å²) in [5.74, 6) is -8.00. The van der Waals surface area contributed by atoms with Crippen LogP contribution in [0.1, 0.15) is 56.8 Å². The van der Waals surface area contributed by atoms with Gasteiger partial charge in [-0.3, -0.25) is 57.9 Å². The average molecular weight is 1140 g/mol. The number of nitrogens with zero attached hydrogens (tertiary/aromatic N) is 7. The van der Waals surface area contributed by atoms with Crippen molar-refractivity contribution < 1.29 is 68.6 Å². The van der Waals surface area contributed by atoms with Crippen LogP contribution in [0.5, 0.6) is 17.2 Å². The Balaban J connectivity index is 1.52. The molecule has 3 aromatic heterocycles. The van der Waals surface area contributed by atoms with Crippen molar-refractivity contribution in [2.45, 2.75) is 25.7 Å². The molecule has 3 aromatic rings. The summed E-state index contributed by atoms with van der Waals surface area (Å²) in [5.41, 5.74) is -3.17. The number of carbonyl (C=O) groups is 7. The number of allylic oxidation sites excluding steroid dienone is 1. The van der Waals surface area contributed by atoms with Gasteiger partial charge in [0.1, 0.15) is 0 Å². The largest absolute Gasteiger partial charge is 0.550 e. The molecule has 29 nitrogen and oxygen atoms in total. The number of aryl methyl sites for hydroxylation is 3. The van der Waals surface area contributed by atoms with Crippen molar-refractivity contribution in [1.82, 2.24) is 59.9 Å². The third-order valence-electron chi connectivity index (χ3n) is 12.8. The van der Waals surface area contributed by atoms with Gasteiger partial charge in [-0.05, 0) is 24.6 Å². The molecule has 81 heavy (non-hydrogen) atoms. The van der Waals surface area contributed by atoms with E-state index in [1.807, 2.05) is 14.7 Å². The Morgan fingerprint density at radius 3 is 1.30 bits per heavy atom. The number of hydrogen-bond acceptors (Lipinski definition) is 20. The lowest BCUT2D eigenvalue weighted by atomic mass is 10.1. The number of aliphatic hydroxyl groups excluding tert-OH is 1. The van der Waals surface area contributed by atoms with E-state index in [0.717, 1.165) is 18.6 Å². The molecule has 1 aliphatic heterocycles. The molecule has 1 aliphatic rings. The van der Waals surface area contributed by atoms with Crippen LogP contribution in [0.25, 0.3) is 0 Å². The lowest BCUT2D eigenvalue weighted by molar-refractivity contribution is -0.306. The predicted molar refractivity (Wildman–Crippen MR) is 289 cm³/mol. The van der Waals surface area contributed by atoms with Gasteiger partial charge >= 0.3 is 0 Å². The van der Waals surface area contributed by atoms with Crippen LogP contribution in [0.4, 0.5) is 0 Å². The summed E-state index contributed by atoms with van der Waals surface area (Å²) < 4.78 is 14.0. The lowest BCUT2D eigenvalue weighted by Gasteiger charge is -2.30. The molecule has 0 radical (unpaired) electrons. The molecule has 0 aromatic carbocycles. The minimum Gasteiger partial charge on any atom is -0.550 e. The number of amides is 6. The number of aromatic hydroxyl groups is 3. The van der Waals surface area contributed by atoms with Gasteiger partial charge in [0, 0.05) is 176 Å². The number of nitrogens with one attached hydrogen (secondary N) is 5. The molecular weight excluding hydrogens is 1060 g/mol. The van der Waals surface area contributed by atoms with E-state index >= 15 is 0 Å². The lowest BCUT2D eigenvalue weighted by Crippen LogP contribution is -2.47. The second kappa shape index (κ2) is 33.3. The average Bonchev–Trinajstić information content (AvgIpc) is 3.58. The molecule has 0 aliphatic carbocycles. The summed E-state index contributed by atoms with van der Waals surface area (Å²) in [6.07, 6.45) is 7.22. The van der Waals surface area contributed by atoms with Gasteiger partial charge in [-0.2, -0.15) is 0 Å². The summed E-state index contributed by atoms with van der Waals surface area (Å²) >= 11 is 0. The molecule has 0 bridgehead atoms. The van der Waals surface area contributed by atoms with E-state index in [2.05, 4.69) is 26.6 Å². The zero-order chi connectivity index (χ0) is 59.6. The van der Waals surface area contributed by atoms with Crippen LogP contribution >= 0.6 is 0 Å². The number of aliphatic carboxylic acids is 1. The fourth-order valence-corrected chi connectivity index (χ4v) is 7.91. The molecule has 0 saturated carbocycles. The Morgan fingerprint density at radius 2 is 0.889 bits per heavy atom. The van der Waals surface area contributed by atoms with Gasteiger partial charge in [-0.1, -0.05) is 6.08 Å². The Hall–Kier alpha value is -8.38. The number of pyridine rings is 3. The first-order valence-electron chi connectivity index (χ1n) is 26.0. The quantitative estimate of drug-likeness (QED) is 0.0252. The molecule has 444 valence electrons. The minimum atomic E-state index is -1.23.